The topological polar surface area (TPSA) is 59.1 Å². The number of nitrogens with two attached hydrogens (primary N) is 1. The lowest BCUT2D eigenvalue weighted by molar-refractivity contribution is -0.223. The molecule has 0 aromatic heterocycles. The average Bonchev–Trinajstić information content (AvgIpc) is 1.99. The zero-order valence-electron chi connectivity index (χ0n) is 7.98. The van der Waals surface area contributed by atoms with Gasteiger partial charge in [-0.1, -0.05) is 0 Å². The van der Waals surface area contributed by atoms with Gasteiger partial charge in [-0.05, 0) is 13.8 Å². The first-order valence-corrected chi connectivity index (χ1v) is 3.86. The van der Waals surface area contributed by atoms with Crippen LogP contribution in [0.4, 0.5) is 13.2 Å². The number of nitrogens with one attached hydrogen (secondary N) is 1. The van der Waals surface area contributed by atoms with E-state index < -0.39 is 18.2 Å². The Bertz CT molecular complexity index is 233. The van der Waals surface area contributed by atoms with E-state index in [1.54, 1.807) is 0 Å². The highest BCUT2D eigenvalue weighted by Gasteiger charge is 2.47. The number of hydrogen-bond acceptors (Lipinski definition) is 3. The Balaban J connectivity index is 4.26. The van der Waals surface area contributed by atoms with E-state index in [9.17, 15) is 13.2 Å². The highest BCUT2D eigenvalue weighted by Crippen LogP contribution is 2.37. The predicted molar refractivity (Wildman–Crippen MR) is 46.8 cm³/mol. The van der Waals surface area contributed by atoms with Gasteiger partial charge in [-0.25, -0.2) is 0 Å². The lowest BCUT2D eigenvalue weighted by Crippen LogP contribution is -2.36. The van der Waals surface area contributed by atoms with Crippen molar-refractivity contribution < 1.29 is 17.9 Å². The maximum atomic E-state index is 12.3. The number of hydrogen-bond donors (Lipinski definition) is 2. The standard InChI is InChI=1S/C8H13F3N2O/c1-7(2,8(9,10)11)5-14-6(13)3-4-12/h3-4,12H,5,13H2,1-2H3/b6-3+,12-4?. The van der Waals surface area contributed by atoms with Gasteiger partial charge < -0.3 is 15.9 Å². The summed E-state index contributed by atoms with van der Waals surface area (Å²) in [7, 11) is 0. The molecular weight excluding hydrogens is 197 g/mol. The Labute approximate surface area is 80.2 Å². The number of allylic oxidation sites excluding steroid dienone is 1. The van der Waals surface area contributed by atoms with Crippen molar-refractivity contribution in [3.05, 3.63) is 12.0 Å². The smallest absolute Gasteiger partial charge is 0.397 e. The molecular formula is C8H13F3N2O. The summed E-state index contributed by atoms with van der Waals surface area (Å²) in [6.45, 7) is 1.47. The molecule has 0 saturated heterocycles. The van der Waals surface area contributed by atoms with Gasteiger partial charge in [0.1, 0.15) is 6.61 Å². The van der Waals surface area contributed by atoms with Crippen LogP contribution in [0.5, 0.6) is 0 Å². The van der Waals surface area contributed by atoms with E-state index in [-0.39, 0.29) is 5.88 Å². The molecule has 82 valence electrons. The molecule has 0 aliphatic heterocycles. The van der Waals surface area contributed by atoms with Crippen molar-refractivity contribution in [2.75, 3.05) is 6.61 Å². The van der Waals surface area contributed by atoms with E-state index in [0.717, 1.165) is 26.1 Å². The van der Waals surface area contributed by atoms with E-state index in [1.165, 1.54) is 0 Å². The Kier molecular flexibility index (Phi) is 3.97. The third-order valence-corrected chi connectivity index (χ3v) is 1.61. The lowest BCUT2D eigenvalue weighted by Gasteiger charge is -2.27. The van der Waals surface area contributed by atoms with E-state index in [4.69, 9.17) is 11.1 Å². The van der Waals surface area contributed by atoms with Crippen molar-refractivity contribution in [3.8, 4) is 0 Å². The number of halogens is 3. The first-order chi connectivity index (χ1) is 6.20. The summed E-state index contributed by atoms with van der Waals surface area (Å²) >= 11 is 0. The Morgan fingerprint density at radius 3 is 2.29 bits per heavy atom. The van der Waals surface area contributed by atoms with Crippen LogP contribution in [-0.2, 0) is 4.74 Å². The van der Waals surface area contributed by atoms with Crippen molar-refractivity contribution in [3.63, 3.8) is 0 Å². The van der Waals surface area contributed by atoms with Crippen molar-refractivity contribution in [2.24, 2.45) is 11.1 Å². The fourth-order valence-electron chi connectivity index (χ4n) is 0.476. The maximum absolute atomic E-state index is 12.3. The van der Waals surface area contributed by atoms with Crippen LogP contribution in [0.1, 0.15) is 13.8 Å². The molecule has 0 aliphatic rings. The third kappa shape index (κ3) is 3.68. The Morgan fingerprint density at radius 2 is 1.93 bits per heavy atom. The van der Waals surface area contributed by atoms with Crippen LogP contribution in [-0.4, -0.2) is 19.0 Å². The monoisotopic (exact) mass is 210 g/mol. The maximum Gasteiger partial charge on any atom is 0.397 e. The molecule has 0 aromatic rings. The second kappa shape index (κ2) is 4.34. The van der Waals surface area contributed by atoms with Gasteiger partial charge in [0.15, 0.2) is 5.88 Å². The van der Waals surface area contributed by atoms with Crippen LogP contribution in [0.3, 0.4) is 0 Å². The summed E-state index contributed by atoms with van der Waals surface area (Å²) < 4.78 is 41.5. The van der Waals surface area contributed by atoms with Crippen LogP contribution in [0, 0.1) is 10.8 Å². The molecule has 0 unspecified atom stereocenters. The Hall–Kier alpha value is -1.20. The molecule has 0 bridgehead atoms. The highest BCUT2D eigenvalue weighted by molar-refractivity contribution is 5.68. The fourth-order valence-corrected chi connectivity index (χ4v) is 0.476. The minimum Gasteiger partial charge on any atom is -0.478 e. The SMILES string of the molecule is CC(C)(CO/C(N)=C/C=N)C(F)(F)F. The molecule has 0 aromatic carbocycles. The first-order valence-electron chi connectivity index (χ1n) is 3.86. The molecule has 0 radical (unpaired) electrons. The minimum absolute atomic E-state index is 0.197. The fraction of sp³-hybridized carbons (Fsp3) is 0.625. The summed E-state index contributed by atoms with van der Waals surface area (Å²) in [4.78, 5) is 0. The van der Waals surface area contributed by atoms with Gasteiger partial charge in [0, 0.05) is 12.3 Å². The van der Waals surface area contributed by atoms with E-state index in [2.05, 4.69) is 4.74 Å². The van der Waals surface area contributed by atoms with Crippen LogP contribution in [0.25, 0.3) is 0 Å². The van der Waals surface area contributed by atoms with Crippen LogP contribution >= 0.6 is 0 Å². The third-order valence-electron chi connectivity index (χ3n) is 1.61. The number of alkyl halides is 3. The predicted octanol–water partition coefficient (Wildman–Crippen LogP) is 2.04. The molecule has 0 rings (SSSR count). The zero-order valence-corrected chi connectivity index (χ0v) is 7.98. The van der Waals surface area contributed by atoms with Crippen molar-refractivity contribution in [1.82, 2.24) is 0 Å². The van der Waals surface area contributed by atoms with Crippen LogP contribution in [0.15, 0.2) is 12.0 Å². The largest absolute Gasteiger partial charge is 0.478 e. The first kappa shape index (κ1) is 12.8. The second-order valence-corrected chi connectivity index (χ2v) is 3.41. The van der Waals surface area contributed by atoms with Gasteiger partial charge in [0.05, 0.1) is 5.41 Å². The number of ether oxygens (including phenoxy) is 1. The zero-order chi connectivity index (χ0) is 11.4. The van der Waals surface area contributed by atoms with E-state index in [0.29, 0.717) is 0 Å². The molecule has 0 saturated carbocycles. The van der Waals surface area contributed by atoms with Crippen LogP contribution in [0.2, 0.25) is 0 Å². The van der Waals surface area contributed by atoms with Gasteiger partial charge >= 0.3 is 6.18 Å². The molecule has 6 heteroatoms. The highest BCUT2D eigenvalue weighted by atomic mass is 19.4. The second-order valence-electron chi connectivity index (χ2n) is 3.41. The molecule has 14 heavy (non-hydrogen) atoms. The minimum atomic E-state index is -4.34. The molecule has 0 amide bonds. The molecule has 0 spiro atoms. The summed E-state index contributed by atoms with van der Waals surface area (Å²) in [5, 5.41) is 6.61. The van der Waals surface area contributed by atoms with Gasteiger partial charge in [0.25, 0.3) is 0 Å². The van der Waals surface area contributed by atoms with Gasteiger partial charge in [-0.2, -0.15) is 13.2 Å². The summed E-state index contributed by atoms with van der Waals surface area (Å²) in [5.41, 5.74) is 3.20. The molecule has 0 aliphatic carbocycles. The van der Waals surface area contributed by atoms with Crippen molar-refractivity contribution in [1.29, 1.82) is 5.41 Å². The van der Waals surface area contributed by atoms with Crippen LogP contribution < -0.4 is 5.73 Å². The lowest BCUT2D eigenvalue weighted by atomic mass is 9.94. The summed E-state index contributed by atoms with van der Waals surface area (Å²) in [6, 6.07) is 0. The molecule has 3 N–H and O–H groups in total. The van der Waals surface area contributed by atoms with Crippen molar-refractivity contribution >= 4 is 6.21 Å². The molecule has 0 heterocycles. The van der Waals surface area contributed by atoms with Crippen molar-refractivity contribution in [2.45, 2.75) is 20.0 Å². The number of rotatable bonds is 4. The van der Waals surface area contributed by atoms with E-state index in [1.807, 2.05) is 0 Å². The van der Waals surface area contributed by atoms with Gasteiger partial charge in [-0.15, -0.1) is 0 Å². The quantitative estimate of drug-likeness (QED) is 0.551. The molecule has 3 nitrogen and oxygen atoms in total. The molecule has 0 fully saturated rings. The normalized spacial score (nSPS) is 13.9. The van der Waals surface area contributed by atoms with Gasteiger partial charge in [-0.3, -0.25) is 0 Å². The summed E-state index contributed by atoms with van der Waals surface area (Å²) in [6.07, 6.45) is -2.42. The molecule has 0 atom stereocenters. The average molecular weight is 210 g/mol. The van der Waals surface area contributed by atoms with E-state index >= 15 is 0 Å². The Morgan fingerprint density at radius 1 is 1.43 bits per heavy atom. The van der Waals surface area contributed by atoms with Gasteiger partial charge in [0.2, 0.25) is 0 Å². The summed E-state index contributed by atoms with van der Waals surface area (Å²) in [5.74, 6) is -0.197.